The van der Waals surface area contributed by atoms with Crippen molar-refractivity contribution < 1.29 is 18.3 Å². The predicted octanol–water partition coefficient (Wildman–Crippen LogP) is -2.08. The van der Waals surface area contributed by atoms with Gasteiger partial charge in [0.15, 0.2) is 0 Å². The van der Waals surface area contributed by atoms with Crippen LogP contribution in [-0.4, -0.2) is 63.2 Å². The van der Waals surface area contributed by atoms with Crippen molar-refractivity contribution in [1.29, 1.82) is 0 Å². The zero-order valence-electron chi connectivity index (χ0n) is 10.1. The molecule has 1 atom stereocenters. The van der Waals surface area contributed by atoms with E-state index in [1.807, 2.05) is 0 Å². The number of carboxylic acid groups (broad SMARTS) is 1. The molecule has 1 unspecified atom stereocenters. The molecule has 0 saturated carbocycles. The molecule has 0 amide bonds. The highest BCUT2D eigenvalue weighted by atomic mass is 32.2. The van der Waals surface area contributed by atoms with E-state index in [2.05, 4.69) is 14.3 Å². The van der Waals surface area contributed by atoms with E-state index in [-0.39, 0.29) is 6.54 Å². The Labute approximate surface area is 107 Å². The van der Waals surface area contributed by atoms with Gasteiger partial charge in [-0.3, -0.25) is 4.79 Å². The van der Waals surface area contributed by atoms with E-state index in [9.17, 15) is 13.2 Å². The molecule has 0 aliphatic carbocycles. The van der Waals surface area contributed by atoms with Crippen LogP contribution in [0.5, 0.6) is 0 Å². The van der Waals surface area contributed by atoms with Crippen molar-refractivity contribution in [3.63, 3.8) is 0 Å². The molecule has 0 aromatic rings. The lowest BCUT2D eigenvalue weighted by Gasteiger charge is -2.15. The summed E-state index contributed by atoms with van der Waals surface area (Å²) in [6.45, 7) is 2.63. The van der Waals surface area contributed by atoms with Gasteiger partial charge in [0.1, 0.15) is 6.04 Å². The van der Waals surface area contributed by atoms with Crippen LogP contribution in [0.15, 0.2) is 0 Å². The summed E-state index contributed by atoms with van der Waals surface area (Å²) in [6, 6.07) is -1.24. The maximum absolute atomic E-state index is 11.4. The third-order valence-electron chi connectivity index (χ3n) is 2.73. The lowest BCUT2D eigenvalue weighted by Crippen LogP contribution is -2.47. The molecule has 1 heterocycles. The summed E-state index contributed by atoms with van der Waals surface area (Å²) in [6.07, 6.45) is 2.30. The maximum atomic E-state index is 11.4. The molecule has 1 fully saturated rings. The van der Waals surface area contributed by atoms with Crippen molar-refractivity contribution in [2.45, 2.75) is 18.9 Å². The Morgan fingerprint density at radius 3 is 2.50 bits per heavy atom. The number of hydrogen-bond donors (Lipinski definition) is 4. The molecule has 0 aromatic carbocycles. The molecule has 9 heteroatoms. The van der Waals surface area contributed by atoms with Crippen molar-refractivity contribution in [1.82, 2.24) is 14.3 Å². The third-order valence-corrected chi connectivity index (χ3v) is 3.86. The molecule has 106 valence electrons. The van der Waals surface area contributed by atoms with Crippen molar-refractivity contribution >= 4 is 16.2 Å². The molecular formula is C9H20N4O4S. The molecular weight excluding hydrogens is 260 g/mol. The average Bonchev–Trinajstić information content (AvgIpc) is 2.78. The summed E-state index contributed by atoms with van der Waals surface area (Å²) in [5.41, 5.74) is 5.19. The maximum Gasteiger partial charge on any atom is 0.321 e. The van der Waals surface area contributed by atoms with E-state index in [1.54, 1.807) is 0 Å². The second-order valence-electron chi connectivity index (χ2n) is 4.24. The van der Waals surface area contributed by atoms with Gasteiger partial charge >= 0.3 is 5.97 Å². The van der Waals surface area contributed by atoms with Crippen LogP contribution >= 0.6 is 0 Å². The number of nitrogens with one attached hydrogen (secondary N) is 2. The Bertz CT molecular complexity index is 367. The number of nitrogens with two attached hydrogens (primary N) is 1. The zero-order valence-corrected chi connectivity index (χ0v) is 10.9. The third kappa shape index (κ3) is 5.74. The monoisotopic (exact) mass is 280 g/mol. The van der Waals surface area contributed by atoms with Crippen LogP contribution < -0.4 is 15.2 Å². The first-order chi connectivity index (χ1) is 8.41. The van der Waals surface area contributed by atoms with Crippen molar-refractivity contribution in [3.05, 3.63) is 0 Å². The number of carbonyl (C=O) groups is 1. The Morgan fingerprint density at radius 2 is 1.94 bits per heavy atom. The summed E-state index contributed by atoms with van der Waals surface area (Å²) >= 11 is 0. The highest BCUT2D eigenvalue weighted by Crippen LogP contribution is 2.05. The number of rotatable bonds is 8. The molecule has 1 saturated heterocycles. The van der Waals surface area contributed by atoms with Crippen molar-refractivity contribution in [3.8, 4) is 0 Å². The minimum Gasteiger partial charge on any atom is -0.480 e. The fraction of sp³-hybridized carbons (Fsp3) is 0.889. The zero-order chi connectivity index (χ0) is 13.6. The SMILES string of the molecule is NC(CNS(=O)(=O)NCCN1CCCC1)C(=O)O. The molecule has 1 aliphatic heterocycles. The average molecular weight is 280 g/mol. The molecule has 0 bridgehead atoms. The van der Waals surface area contributed by atoms with Crippen LogP contribution in [0.2, 0.25) is 0 Å². The van der Waals surface area contributed by atoms with Crippen LogP contribution in [0.25, 0.3) is 0 Å². The summed E-state index contributed by atoms with van der Waals surface area (Å²) in [5.74, 6) is -1.24. The number of nitrogens with zero attached hydrogens (tertiary/aromatic N) is 1. The molecule has 1 rings (SSSR count). The van der Waals surface area contributed by atoms with E-state index in [1.165, 1.54) is 0 Å². The number of hydrogen-bond acceptors (Lipinski definition) is 5. The normalized spacial score (nSPS) is 18.9. The minimum atomic E-state index is -3.67. The van der Waals surface area contributed by atoms with Crippen molar-refractivity contribution in [2.75, 3.05) is 32.7 Å². The van der Waals surface area contributed by atoms with Crippen LogP contribution in [0, 0.1) is 0 Å². The first-order valence-corrected chi connectivity index (χ1v) is 7.34. The van der Waals surface area contributed by atoms with Crippen LogP contribution in [0.3, 0.4) is 0 Å². The fourth-order valence-electron chi connectivity index (χ4n) is 1.68. The molecule has 8 nitrogen and oxygen atoms in total. The standard InChI is InChI=1S/C9H20N4O4S/c10-8(9(14)15)7-12-18(16,17)11-3-6-13-4-1-2-5-13/h8,11-12H,1-7,10H2,(H,14,15). The van der Waals surface area contributed by atoms with Gasteiger partial charge in [-0.05, 0) is 25.9 Å². The fourth-order valence-corrected chi connectivity index (χ4v) is 2.54. The molecule has 1 aliphatic rings. The first-order valence-electron chi connectivity index (χ1n) is 5.86. The molecule has 0 radical (unpaired) electrons. The molecule has 0 spiro atoms. The Kier molecular flexibility index (Phi) is 5.96. The Balaban J connectivity index is 2.20. The van der Waals surface area contributed by atoms with Gasteiger partial charge in [0.05, 0.1) is 0 Å². The summed E-state index contributed by atoms with van der Waals surface area (Å²) in [7, 11) is -3.67. The van der Waals surface area contributed by atoms with Gasteiger partial charge in [-0.25, -0.2) is 9.44 Å². The van der Waals surface area contributed by atoms with Gasteiger partial charge in [-0.15, -0.1) is 0 Å². The van der Waals surface area contributed by atoms with E-state index in [0.717, 1.165) is 25.9 Å². The highest BCUT2D eigenvalue weighted by Gasteiger charge is 2.17. The van der Waals surface area contributed by atoms with Gasteiger partial charge in [0.2, 0.25) is 0 Å². The topological polar surface area (TPSA) is 125 Å². The number of likely N-dealkylation sites (tertiary alicyclic amines) is 1. The minimum absolute atomic E-state index is 0.303. The smallest absolute Gasteiger partial charge is 0.321 e. The Morgan fingerprint density at radius 1 is 1.33 bits per heavy atom. The quantitative estimate of drug-likeness (QED) is 0.404. The first kappa shape index (κ1) is 15.3. The molecule has 0 aromatic heterocycles. The second-order valence-corrected chi connectivity index (χ2v) is 5.82. The highest BCUT2D eigenvalue weighted by molar-refractivity contribution is 7.87. The lowest BCUT2D eigenvalue weighted by molar-refractivity contribution is -0.138. The largest absolute Gasteiger partial charge is 0.480 e. The van der Waals surface area contributed by atoms with Crippen LogP contribution in [0.1, 0.15) is 12.8 Å². The van der Waals surface area contributed by atoms with Gasteiger partial charge in [0.25, 0.3) is 10.2 Å². The van der Waals surface area contributed by atoms with E-state index in [4.69, 9.17) is 10.8 Å². The van der Waals surface area contributed by atoms with E-state index >= 15 is 0 Å². The number of carboxylic acids is 1. The van der Waals surface area contributed by atoms with Gasteiger partial charge in [0, 0.05) is 19.6 Å². The molecule has 18 heavy (non-hydrogen) atoms. The van der Waals surface area contributed by atoms with Gasteiger partial charge in [-0.1, -0.05) is 0 Å². The van der Waals surface area contributed by atoms with Gasteiger partial charge < -0.3 is 15.7 Å². The summed E-state index contributed by atoms with van der Waals surface area (Å²) < 4.78 is 27.3. The lowest BCUT2D eigenvalue weighted by atomic mass is 10.3. The second kappa shape index (κ2) is 7.00. The van der Waals surface area contributed by atoms with E-state index < -0.39 is 22.2 Å². The van der Waals surface area contributed by atoms with Crippen LogP contribution in [-0.2, 0) is 15.0 Å². The number of aliphatic carboxylic acids is 1. The summed E-state index contributed by atoms with van der Waals surface area (Å²) in [4.78, 5) is 12.6. The van der Waals surface area contributed by atoms with Crippen LogP contribution in [0.4, 0.5) is 0 Å². The molecule has 5 N–H and O–H groups in total. The van der Waals surface area contributed by atoms with Crippen molar-refractivity contribution in [2.24, 2.45) is 5.73 Å². The van der Waals surface area contributed by atoms with Gasteiger partial charge in [-0.2, -0.15) is 8.42 Å². The Hall–Kier alpha value is -0.740. The van der Waals surface area contributed by atoms with E-state index in [0.29, 0.717) is 13.1 Å². The predicted molar refractivity (Wildman–Crippen MR) is 66.2 cm³/mol. The summed E-state index contributed by atoms with van der Waals surface area (Å²) in [5, 5.41) is 8.51.